The molecule has 6 heteroatoms. The van der Waals surface area contributed by atoms with E-state index in [0.29, 0.717) is 11.6 Å². The second-order valence-electron chi connectivity index (χ2n) is 4.31. The van der Waals surface area contributed by atoms with Gasteiger partial charge in [0.2, 0.25) is 5.96 Å². The molecule has 0 spiro atoms. The van der Waals surface area contributed by atoms with Gasteiger partial charge in [-0.15, -0.1) is 0 Å². The number of halogens is 2. The minimum atomic E-state index is -0.340. The van der Waals surface area contributed by atoms with Crippen LogP contribution in [0.25, 0.3) is 0 Å². The Labute approximate surface area is 114 Å². The highest BCUT2D eigenvalue weighted by Crippen LogP contribution is 2.22. The third kappa shape index (κ3) is 3.43. The minimum absolute atomic E-state index is 0.277. The first-order chi connectivity index (χ1) is 8.69. The molecular weight excluding hydrogens is 299 g/mol. The molecule has 1 aliphatic carbocycles. The first kappa shape index (κ1) is 13.3. The van der Waals surface area contributed by atoms with Crippen LogP contribution in [0.15, 0.2) is 27.7 Å². The molecular formula is C12H16BrFN4. The summed E-state index contributed by atoms with van der Waals surface area (Å²) in [6, 6.07) is 4.95. The van der Waals surface area contributed by atoms with Crippen molar-refractivity contribution in [1.82, 2.24) is 5.43 Å². The third-order valence-corrected chi connectivity index (χ3v) is 3.45. The molecule has 0 aromatic heterocycles. The van der Waals surface area contributed by atoms with Crippen molar-refractivity contribution in [2.75, 3.05) is 5.32 Å². The van der Waals surface area contributed by atoms with Crippen molar-refractivity contribution >= 4 is 27.6 Å². The molecule has 98 valence electrons. The Balaban J connectivity index is 2.11. The van der Waals surface area contributed by atoms with Gasteiger partial charge in [0, 0.05) is 4.47 Å². The summed E-state index contributed by atoms with van der Waals surface area (Å²) in [4.78, 5) is 4.45. The number of aliphatic imine (C=N–C) groups is 1. The van der Waals surface area contributed by atoms with Gasteiger partial charge < -0.3 is 5.32 Å². The summed E-state index contributed by atoms with van der Waals surface area (Å²) in [5.74, 6) is 5.47. The number of benzene rings is 1. The molecule has 0 atom stereocenters. The van der Waals surface area contributed by atoms with E-state index in [1.165, 1.54) is 18.9 Å². The van der Waals surface area contributed by atoms with Crippen LogP contribution in [0.5, 0.6) is 0 Å². The summed E-state index contributed by atoms with van der Waals surface area (Å²) < 4.78 is 14.4. The van der Waals surface area contributed by atoms with E-state index in [1.807, 2.05) is 0 Å². The topological polar surface area (TPSA) is 62.4 Å². The Morgan fingerprint density at radius 1 is 1.39 bits per heavy atom. The van der Waals surface area contributed by atoms with Crippen LogP contribution in [0, 0.1) is 5.82 Å². The van der Waals surface area contributed by atoms with Gasteiger partial charge in [0.1, 0.15) is 5.82 Å². The molecule has 0 radical (unpaired) electrons. The first-order valence-corrected chi connectivity index (χ1v) is 6.75. The third-order valence-electron chi connectivity index (χ3n) is 2.95. The van der Waals surface area contributed by atoms with Gasteiger partial charge in [-0.3, -0.25) is 5.43 Å². The molecule has 1 saturated carbocycles. The fourth-order valence-electron chi connectivity index (χ4n) is 2.04. The molecule has 2 rings (SSSR count). The van der Waals surface area contributed by atoms with E-state index >= 15 is 0 Å². The average molecular weight is 315 g/mol. The van der Waals surface area contributed by atoms with Gasteiger partial charge in [-0.05, 0) is 31.0 Å². The standard InChI is InChI=1S/C12H16BrFN4/c13-8-5-6-10(14)11(7-8)17-12(18-15)16-9-3-1-2-4-9/h5-7,9H,1-4,15H2,(H2,16,17,18). The van der Waals surface area contributed by atoms with Crippen LogP contribution < -0.4 is 16.6 Å². The fraction of sp³-hybridized carbons (Fsp3) is 0.417. The zero-order valence-corrected chi connectivity index (χ0v) is 11.5. The molecule has 4 nitrogen and oxygen atoms in total. The molecule has 0 bridgehead atoms. The quantitative estimate of drug-likeness (QED) is 0.340. The van der Waals surface area contributed by atoms with E-state index in [4.69, 9.17) is 5.84 Å². The maximum Gasteiger partial charge on any atom is 0.210 e. The van der Waals surface area contributed by atoms with Gasteiger partial charge in [-0.25, -0.2) is 15.2 Å². The van der Waals surface area contributed by atoms with Crippen LogP contribution in [0.4, 0.5) is 10.1 Å². The molecule has 4 N–H and O–H groups in total. The summed E-state index contributed by atoms with van der Waals surface area (Å²) in [7, 11) is 0. The lowest BCUT2D eigenvalue weighted by Crippen LogP contribution is -2.37. The number of hydrogen-bond acceptors (Lipinski definition) is 2. The van der Waals surface area contributed by atoms with E-state index < -0.39 is 0 Å². The van der Waals surface area contributed by atoms with E-state index in [1.54, 1.807) is 12.1 Å². The maximum atomic E-state index is 13.6. The Bertz CT molecular complexity index is 444. The van der Waals surface area contributed by atoms with Crippen molar-refractivity contribution in [3.05, 3.63) is 28.5 Å². The van der Waals surface area contributed by atoms with Crippen molar-refractivity contribution in [1.29, 1.82) is 0 Å². The Morgan fingerprint density at radius 3 is 2.78 bits per heavy atom. The molecule has 0 unspecified atom stereocenters. The highest BCUT2D eigenvalue weighted by atomic mass is 79.9. The van der Waals surface area contributed by atoms with Crippen LogP contribution in [0.1, 0.15) is 25.7 Å². The maximum absolute atomic E-state index is 13.6. The van der Waals surface area contributed by atoms with Crippen LogP contribution in [0.3, 0.4) is 0 Å². The largest absolute Gasteiger partial charge is 0.323 e. The molecule has 1 fully saturated rings. The summed E-state index contributed by atoms with van der Waals surface area (Å²) in [6.07, 6.45) is 4.51. The lowest BCUT2D eigenvalue weighted by atomic mass is 10.3. The summed E-state index contributed by atoms with van der Waals surface area (Å²) in [5, 5.41) is 2.87. The van der Waals surface area contributed by atoms with Gasteiger partial charge in [-0.2, -0.15) is 0 Å². The molecule has 1 aliphatic rings. The number of anilines is 1. The SMILES string of the molecule is NNC(=NC1CCCC1)Nc1cc(Br)ccc1F. The van der Waals surface area contributed by atoms with Crippen molar-refractivity contribution < 1.29 is 4.39 Å². The average Bonchev–Trinajstić information content (AvgIpc) is 2.85. The second-order valence-corrected chi connectivity index (χ2v) is 5.23. The molecule has 0 saturated heterocycles. The Kier molecular flexibility index (Phi) is 4.54. The number of guanidine groups is 1. The lowest BCUT2D eigenvalue weighted by Gasteiger charge is -2.12. The van der Waals surface area contributed by atoms with Gasteiger partial charge >= 0.3 is 0 Å². The predicted octanol–water partition coefficient (Wildman–Crippen LogP) is 2.76. The first-order valence-electron chi connectivity index (χ1n) is 5.95. The molecule has 0 heterocycles. The van der Waals surface area contributed by atoms with Crippen molar-refractivity contribution in [3.63, 3.8) is 0 Å². The fourth-order valence-corrected chi connectivity index (χ4v) is 2.40. The highest BCUT2D eigenvalue weighted by Gasteiger charge is 2.15. The Hall–Kier alpha value is -1.14. The van der Waals surface area contributed by atoms with E-state index in [0.717, 1.165) is 17.3 Å². The monoisotopic (exact) mass is 314 g/mol. The van der Waals surface area contributed by atoms with Gasteiger partial charge in [0.25, 0.3) is 0 Å². The lowest BCUT2D eigenvalue weighted by molar-refractivity contribution is 0.631. The van der Waals surface area contributed by atoms with E-state index in [-0.39, 0.29) is 11.9 Å². The number of hydrazine groups is 1. The highest BCUT2D eigenvalue weighted by molar-refractivity contribution is 9.10. The van der Waals surface area contributed by atoms with E-state index in [2.05, 4.69) is 31.7 Å². The number of nitrogens with one attached hydrogen (secondary N) is 2. The number of hydrogen-bond donors (Lipinski definition) is 3. The number of rotatable bonds is 2. The van der Waals surface area contributed by atoms with Gasteiger partial charge in [0.05, 0.1) is 11.7 Å². The van der Waals surface area contributed by atoms with Crippen LogP contribution in [-0.4, -0.2) is 12.0 Å². The van der Waals surface area contributed by atoms with Crippen LogP contribution in [0.2, 0.25) is 0 Å². The second kappa shape index (κ2) is 6.15. The zero-order chi connectivity index (χ0) is 13.0. The molecule has 1 aromatic rings. The normalized spacial score (nSPS) is 16.9. The van der Waals surface area contributed by atoms with Crippen molar-refractivity contribution in [2.24, 2.45) is 10.8 Å². The van der Waals surface area contributed by atoms with Crippen LogP contribution in [-0.2, 0) is 0 Å². The van der Waals surface area contributed by atoms with Crippen molar-refractivity contribution in [3.8, 4) is 0 Å². The predicted molar refractivity (Wildman–Crippen MR) is 74.7 cm³/mol. The number of nitrogens with two attached hydrogens (primary N) is 1. The van der Waals surface area contributed by atoms with Crippen molar-refractivity contribution in [2.45, 2.75) is 31.7 Å². The van der Waals surface area contributed by atoms with Gasteiger partial charge in [0.15, 0.2) is 0 Å². The summed E-state index contributed by atoms with van der Waals surface area (Å²) in [6.45, 7) is 0. The summed E-state index contributed by atoms with van der Waals surface area (Å²) in [5.41, 5.74) is 2.83. The van der Waals surface area contributed by atoms with Crippen LogP contribution >= 0.6 is 15.9 Å². The van der Waals surface area contributed by atoms with Gasteiger partial charge in [-0.1, -0.05) is 28.8 Å². The van der Waals surface area contributed by atoms with E-state index in [9.17, 15) is 4.39 Å². The molecule has 0 amide bonds. The molecule has 18 heavy (non-hydrogen) atoms. The minimum Gasteiger partial charge on any atom is -0.323 e. The molecule has 0 aliphatic heterocycles. The zero-order valence-electron chi connectivity index (χ0n) is 9.92. The number of nitrogens with zero attached hydrogens (tertiary/aromatic N) is 1. The smallest absolute Gasteiger partial charge is 0.210 e. The Morgan fingerprint density at radius 2 is 2.11 bits per heavy atom. The summed E-state index contributed by atoms with van der Waals surface area (Å²) >= 11 is 3.30. The molecule has 1 aromatic carbocycles.